The number of benzene rings is 1. The fraction of sp³-hybridized carbons (Fsp3) is 0.529. The van der Waals surface area contributed by atoms with Crippen LogP contribution in [-0.4, -0.2) is 68.7 Å². The van der Waals surface area contributed by atoms with Gasteiger partial charge in [-0.2, -0.15) is 0 Å². The van der Waals surface area contributed by atoms with Gasteiger partial charge in [0.05, 0.1) is 19.1 Å². The van der Waals surface area contributed by atoms with E-state index in [4.69, 9.17) is 18.9 Å². The van der Waals surface area contributed by atoms with Crippen LogP contribution in [0.5, 0.6) is 11.5 Å². The first-order chi connectivity index (χ1) is 12.1. The van der Waals surface area contributed by atoms with Crippen molar-refractivity contribution >= 4 is 11.9 Å². The monoisotopic (exact) mass is 351 g/mol. The second kappa shape index (κ2) is 7.71. The number of carboxylic acids is 1. The summed E-state index contributed by atoms with van der Waals surface area (Å²) in [7, 11) is 1.55. The number of fused-ring (bicyclic) bond motifs is 1. The first kappa shape index (κ1) is 17.5. The summed E-state index contributed by atoms with van der Waals surface area (Å²) in [4.78, 5) is 25.5. The summed E-state index contributed by atoms with van der Waals surface area (Å²) in [5.41, 5.74) is 0.826. The fourth-order valence-corrected chi connectivity index (χ4v) is 3.13. The molecular formula is C17H21NO7. The van der Waals surface area contributed by atoms with Crippen LogP contribution in [0.2, 0.25) is 0 Å². The molecule has 1 fully saturated rings. The molecule has 1 saturated heterocycles. The van der Waals surface area contributed by atoms with Gasteiger partial charge in [0.25, 0.3) is 0 Å². The summed E-state index contributed by atoms with van der Waals surface area (Å²) in [6.45, 7) is 1.32. The molecule has 1 aromatic rings. The van der Waals surface area contributed by atoms with Gasteiger partial charge in [0, 0.05) is 26.1 Å². The zero-order valence-electron chi connectivity index (χ0n) is 14.0. The zero-order valence-corrected chi connectivity index (χ0v) is 14.0. The Kier molecular flexibility index (Phi) is 5.40. The topological polar surface area (TPSA) is 94.5 Å². The van der Waals surface area contributed by atoms with Crippen LogP contribution in [0.15, 0.2) is 18.2 Å². The lowest BCUT2D eigenvalue weighted by Gasteiger charge is -2.17. The Morgan fingerprint density at radius 1 is 1.24 bits per heavy atom. The van der Waals surface area contributed by atoms with Gasteiger partial charge in [-0.15, -0.1) is 0 Å². The first-order valence-electron chi connectivity index (χ1n) is 8.07. The van der Waals surface area contributed by atoms with E-state index in [2.05, 4.69) is 0 Å². The van der Waals surface area contributed by atoms with E-state index in [1.807, 2.05) is 6.07 Å². The van der Waals surface area contributed by atoms with Crippen LogP contribution in [0, 0.1) is 5.92 Å². The Bertz CT molecular complexity index is 648. The average Bonchev–Trinajstić information content (AvgIpc) is 3.24. The number of carbonyl (C=O) groups is 2. The highest BCUT2D eigenvalue weighted by Gasteiger charge is 2.40. The maximum absolute atomic E-state index is 12.3. The van der Waals surface area contributed by atoms with Gasteiger partial charge >= 0.3 is 5.97 Å². The second-order valence-electron chi connectivity index (χ2n) is 6.01. The number of hydrogen-bond acceptors (Lipinski definition) is 6. The van der Waals surface area contributed by atoms with E-state index >= 15 is 0 Å². The molecule has 1 amide bonds. The van der Waals surface area contributed by atoms with Crippen LogP contribution in [0.3, 0.4) is 0 Å². The van der Waals surface area contributed by atoms with Gasteiger partial charge in [-0.1, -0.05) is 6.07 Å². The van der Waals surface area contributed by atoms with Crippen LogP contribution in [0.1, 0.15) is 11.5 Å². The molecule has 8 heteroatoms. The van der Waals surface area contributed by atoms with Crippen LogP contribution < -0.4 is 9.47 Å². The summed E-state index contributed by atoms with van der Waals surface area (Å²) in [5.74, 6) is -0.843. The molecule has 1 N–H and O–H groups in total. The first-order valence-corrected chi connectivity index (χ1v) is 8.07. The van der Waals surface area contributed by atoms with Gasteiger partial charge < -0.3 is 29.0 Å². The molecule has 3 rings (SSSR count). The third-order valence-electron chi connectivity index (χ3n) is 4.47. The second-order valence-corrected chi connectivity index (χ2v) is 6.01. The largest absolute Gasteiger partial charge is 0.481 e. The van der Waals surface area contributed by atoms with Crippen molar-refractivity contribution in [3.63, 3.8) is 0 Å². The molecule has 1 aromatic carbocycles. The minimum atomic E-state index is -0.918. The predicted molar refractivity (Wildman–Crippen MR) is 85.7 cm³/mol. The van der Waals surface area contributed by atoms with Gasteiger partial charge in [0.15, 0.2) is 11.5 Å². The van der Waals surface area contributed by atoms with Crippen molar-refractivity contribution in [1.82, 2.24) is 4.90 Å². The third kappa shape index (κ3) is 3.85. The number of ether oxygens (including phenoxy) is 4. The highest BCUT2D eigenvalue weighted by atomic mass is 16.7. The Labute approximate surface area is 145 Å². The van der Waals surface area contributed by atoms with Crippen molar-refractivity contribution in [1.29, 1.82) is 0 Å². The van der Waals surface area contributed by atoms with Crippen LogP contribution >= 0.6 is 0 Å². The molecule has 0 radical (unpaired) electrons. The van der Waals surface area contributed by atoms with Crippen LogP contribution in [0.25, 0.3) is 0 Å². The summed E-state index contributed by atoms with van der Waals surface area (Å²) in [5, 5.41) is 9.54. The molecule has 0 bridgehead atoms. The molecule has 0 spiro atoms. The molecule has 0 unspecified atom stereocenters. The number of carboxylic acid groups (broad SMARTS) is 1. The Morgan fingerprint density at radius 3 is 2.80 bits per heavy atom. The van der Waals surface area contributed by atoms with E-state index in [0.717, 1.165) is 5.56 Å². The molecule has 0 aromatic heterocycles. The molecule has 2 heterocycles. The van der Waals surface area contributed by atoms with Gasteiger partial charge in [0.2, 0.25) is 12.7 Å². The molecule has 0 saturated carbocycles. The minimum Gasteiger partial charge on any atom is -0.481 e. The smallest absolute Gasteiger partial charge is 0.308 e. The highest BCUT2D eigenvalue weighted by molar-refractivity contribution is 5.80. The molecule has 2 aliphatic heterocycles. The Morgan fingerprint density at radius 2 is 2.04 bits per heavy atom. The minimum absolute atomic E-state index is 0.0798. The van der Waals surface area contributed by atoms with Gasteiger partial charge in [0.1, 0.15) is 6.61 Å². The summed E-state index contributed by atoms with van der Waals surface area (Å²) < 4.78 is 20.8. The molecule has 0 aliphatic carbocycles. The number of rotatable bonds is 7. The van der Waals surface area contributed by atoms with Crippen molar-refractivity contribution < 1.29 is 33.6 Å². The number of likely N-dealkylation sites (tertiary alicyclic amines) is 1. The molecule has 25 heavy (non-hydrogen) atoms. The van der Waals surface area contributed by atoms with Gasteiger partial charge in [-0.25, -0.2) is 0 Å². The Balaban J connectivity index is 1.68. The van der Waals surface area contributed by atoms with Crippen molar-refractivity contribution in [3.05, 3.63) is 23.8 Å². The standard InChI is InChI=1S/C17H21NO7/c1-22-4-5-23-9-16(19)18-7-12(13(8-18)17(20)21)11-2-3-14-15(6-11)25-10-24-14/h2-3,6,12-13H,4-5,7-10H2,1H3,(H,20,21)/t12-,13+/m0/s1. The van der Waals surface area contributed by atoms with Crippen LogP contribution in [-0.2, 0) is 19.1 Å². The Hall–Kier alpha value is -2.32. The normalized spacial score (nSPS) is 21.6. The fourth-order valence-electron chi connectivity index (χ4n) is 3.13. The number of amides is 1. The molecule has 8 nitrogen and oxygen atoms in total. The number of methoxy groups -OCH3 is 1. The molecular weight excluding hydrogens is 330 g/mol. The molecule has 136 valence electrons. The maximum Gasteiger partial charge on any atom is 0.308 e. The third-order valence-corrected chi connectivity index (χ3v) is 4.47. The van der Waals surface area contributed by atoms with Gasteiger partial charge in [-0.3, -0.25) is 9.59 Å². The van der Waals surface area contributed by atoms with E-state index in [1.54, 1.807) is 24.1 Å². The van der Waals surface area contributed by atoms with Crippen molar-refractivity contribution in [3.8, 4) is 11.5 Å². The van der Waals surface area contributed by atoms with Crippen LogP contribution in [0.4, 0.5) is 0 Å². The van der Waals surface area contributed by atoms with Crippen molar-refractivity contribution in [2.24, 2.45) is 5.92 Å². The summed E-state index contributed by atoms with van der Waals surface area (Å²) in [6.07, 6.45) is 0. The number of hydrogen-bond donors (Lipinski definition) is 1. The number of aliphatic carboxylic acids is 1. The zero-order chi connectivity index (χ0) is 17.8. The van der Waals surface area contributed by atoms with E-state index in [0.29, 0.717) is 31.3 Å². The molecule has 2 atom stereocenters. The lowest BCUT2D eigenvalue weighted by molar-refractivity contribution is -0.142. The van der Waals surface area contributed by atoms with E-state index in [-0.39, 0.29) is 31.8 Å². The predicted octanol–water partition coefficient (Wildman–Crippen LogP) is 0.705. The SMILES string of the molecule is COCCOCC(=O)N1C[C@@H](C(=O)O)[C@H](c2ccc3c(c2)OCO3)C1. The number of nitrogens with zero attached hydrogens (tertiary/aromatic N) is 1. The lowest BCUT2D eigenvalue weighted by atomic mass is 9.89. The lowest BCUT2D eigenvalue weighted by Crippen LogP contribution is -2.33. The average molecular weight is 351 g/mol. The van der Waals surface area contributed by atoms with Crippen molar-refractivity contribution in [2.45, 2.75) is 5.92 Å². The summed E-state index contributed by atoms with van der Waals surface area (Å²) >= 11 is 0. The number of carbonyl (C=O) groups excluding carboxylic acids is 1. The van der Waals surface area contributed by atoms with E-state index in [1.165, 1.54) is 0 Å². The molecule has 2 aliphatic rings. The van der Waals surface area contributed by atoms with Gasteiger partial charge in [-0.05, 0) is 17.7 Å². The quantitative estimate of drug-likeness (QED) is 0.723. The van der Waals surface area contributed by atoms with E-state index in [9.17, 15) is 14.7 Å². The van der Waals surface area contributed by atoms with Crippen molar-refractivity contribution in [2.75, 3.05) is 46.8 Å². The highest BCUT2D eigenvalue weighted by Crippen LogP contribution is 2.39. The maximum atomic E-state index is 12.3. The summed E-state index contributed by atoms with van der Waals surface area (Å²) in [6, 6.07) is 5.40. The van der Waals surface area contributed by atoms with E-state index < -0.39 is 11.9 Å².